The van der Waals surface area contributed by atoms with Crippen molar-refractivity contribution in [2.45, 2.75) is 18.7 Å². The van der Waals surface area contributed by atoms with Gasteiger partial charge in [-0.15, -0.1) is 0 Å². The lowest BCUT2D eigenvalue weighted by molar-refractivity contribution is 0.601. The van der Waals surface area contributed by atoms with Gasteiger partial charge in [0.15, 0.2) is 0 Å². The molecule has 0 aliphatic heterocycles. The summed E-state index contributed by atoms with van der Waals surface area (Å²) in [4.78, 5) is 0.249. The van der Waals surface area contributed by atoms with E-state index in [0.717, 1.165) is 16.8 Å². The van der Waals surface area contributed by atoms with E-state index in [4.69, 9.17) is 0 Å². The molecule has 0 aromatic heterocycles. The fourth-order valence-corrected chi connectivity index (χ4v) is 3.17. The quantitative estimate of drug-likeness (QED) is 0.909. The van der Waals surface area contributed by atoms with Crippen molar-refractivity contribution in [1.82, 2.24) is 0 Å². The van der Waals surface area contributed by atoms with Crippen LogP contribution in [0.15, 0.2) is 47.4 Å². The molecule has 0 bridgehead atoms. The second-order valence-electron chi connectivity index (χ2n) is 4.65. The zero-order valence-electron chi connectivity index (χ0n) is 11.8. The lowest BCUT2D eigenvalue weighted by Crippen LogP contribution is -2.14. The molecule has 2 rings (SSSR count). The molecule has 20 heavy (non-hydrogen) atoms. The van der Waals surface area contributed by atoms with Crippen LogP contribution in [-0.4, -0.2) is 15.5 Å². The summed E-state index contributed by atoms with van der Waals surface area (Å²) in [5.74, 6) is 0. The molecular formula is C15H18N2O2S. The smallest absolute Gasteiger partial charge is 0.261 e. The minimum atomic E-state index is -3.56. The highest BCUT2D eigenvalue weighted by molar-refractivity contribution is 7.92. The van der Waals surface area contributed by atoms with Crippen molar-refractivity contribution in [3.8, 4) is 0 Å². The monoisotopic (exact) mass is 290 g/mol. The average molecular weight is 290 g/mol. The van der Waals surface area contributed by atoms with Crippen molar-refractivity contribution in [2.75, 3.05) is 17.1 Å². The molecule has 0 amide bonds. The Kier molecular flexibility index (Phi) is 3.99. The standard InChI is InChI=1S/C15H18N2O2S/c1-11-5-4-6-12(2)15(11)17-20(18,19)14-9-7-13(16-3)8-10-14/h4-10,16-17H,1-3H3. The SMILES string of the molecule is CNc1ccc(S(=O)(=O)Nc2c(C)cccc2C)cc1. The summed E-state index contributed by atoms with van der Waals surface area (Å²) in [5, 5.41) is 2.96. The fraction of sp³-hybridized carbons (Fsp3) is 0.200. The Morgan fingerprint density at radius 3 is 1.95 bits per heavy atom. The molecule has 0 unspecified atom stereocenters. The zero-order chi connectivity index (χ0) is 14.8. The Balaban J connectivity index is 2.35. The van der Waals surface area contributed by atoms with Crippen LogP contribution < -0.4 is 10.0 Å². The van der Waals surface area contributed by atoms with E-state index in [2.05, 4.69) is 10.0 Å². The van der Waals surface area contributed by atoms with Gasteiger partial charge in [-0.1, -0.05) is 18.2 Å². The van der Waals surface area contributed by atoms with E-state index in [1.807, 2.05) is 32.0 Å². The third-order valence-corrected chi connectivity index (χ3v) is 4.54. The van der Waals surface area contributed by atoms with Crippen molar-refractivity contribution >= 4 is 21.4 Å². The van der Waals surface area contributed by atoms with Gasteiger partial charge in [0.2, 0.25) is 0 Å². The van der Waals surface area contributed by atoms with E-state index >= 15 is 0 Å². The van der Waals surface area contributed by atoms with Gasteiger partial charge in [-0.2, -0.15) is 0 Å². The molecule has 2 N–H and O–H groups in total. The molecular weight excluding hydrogens is 272 g/mol. The summed E-state index contributed by atoms with van der Waals surface area (Å²) in [6, 6.07) is 12.3. The maximum atomic E-state index is 12.4. The number of para-hydroxylation sites is 1. The number of benzene rings is 2. The number of anilines is 2. The van der Waals surface area contributed by atoms with Crippen molar-refractivity contribution in [2.24, 2.45) is 0 Å². The van der Waals surface area contributed by atoms with E-state index in [9.17, 15) is 8.42 Å². The minimum absolute atomic E-state index is 0.249. The first-order chi connectivity index (χ1) is 9.44. The van der Waals surface area contributed by atoms with Crippen molar-refractivity contribution in [1.29, 1.82) is 0 Å². The molecule has 0 spiro atoms. The molecule has 0 aliphatic rings. The molecule has 2 aromatic rings. The number of rotatable bonds is 4. The van der Waals surface area contributed by atoms with Crippen LogP contribution in [0.25, 0.3) is 0 Å². The van der Waals surface area contributed by atoms with Gasteiger partial charge in [0.05, 0.1) is 10.6 Å². The molecule has 0 radical (unpaired) electrons. The zero-order valence-corrected chi connectivity index (χ0v) is 12.6. The highest BCUT2D eigenvalue weighted by Gasteiger charge is 2.16. The maximum Gasteiger partial charge on any atom is 0.261 e. The van der Waals surface area contributed by atoms with Crippen LogP contribution in [0.4, 0.5) is 11.4 Å². The van der Waals surface area contributed by atoms with Crippen LogP contribution in [-0.2, 0) is 10.0 Å². The van der Waals surface area contributed by atoms with E-state index in [1.165, 1.54) is 0 Å². The number of nitrogens with one attached hydrogen (secondary N) is 2. The highest BCUT2D eigenvalue weighted by atomic mass is 32.2. The first kappa shape index (κ1) is 14.4. The molecule has 2 aromatic carbocycles. The van der Waals surface area contributed by atoms with Crippen LogP contribution in [0.3, 0.4) is 0 Å². The summed E-state index contributed by atoms with van der Waals surface area (Å²) in [6.07, 6.45) is 0. The van der Waals surface area contributed by atoms with E-state index in [1.54, 1.807) is 31.3 Å². The number of aryl methyl sites for hydroxylation is 2. The van der Waals surface area contributed by atoms with Crippen LogP contribution >= 0.6 is 0 Å². The second kappa shape index (κ2) is 5.54. The summed E-state index contributed by atoms with van der Waals surface area (Å²) in [5.41, 5.74) is 3.32. The highest BCUT2D eigenvalue weighted by Crippen LogP contribution is 2.23. The summed E-state index contributed by atoms with van der Waals surface area (Å²) in [7, 11) is -1.77. The molecule has 0 saturated heterocycles. The number of sulfonamides is 1. The fourth-order valence-electron chi connectivity index (χ4n) is 1.97. The predicted molar refractivity (Wildman–Crippen MR) is 82.7 cm³/mol. The third-order valence-electron chi connectivity index (χ3n) is 3.17. The molecule has 0 atom stereocenters. The Morgan fingerprint density at radius 1 is 0.900 bits per heavy atom. The van der Waals surface area contributed by atoms with Gasteiger partial charge in [0, 0.05) is 12.7 Å². The molecule has 106 valence electrons. The van der Waals surface area contributed by atoms with Crippen LogP contribution in [0.2, 0.25) is 0 Å². The Bertz CT molecular complexity index is 687. The maximum absolute atomic E-state index is 12.4. The van der Waals surface area contributed by atoms with Gasteiger partial charge < -0.3 is 5.32 Å². The molecule has 0 aliphatic carbocycles. The Labute approximate surface area is 119 Å². The van der Waals surface area contributed by atoms with Gasteiger partial charge in [-0.05, 0) is 49.2 Å². The van der Waals surface area contributed by atoms with Crippen molar-refractivity contribution < 1.29 is 8.42 Å². The Hall–Kier alpha value is -2.01. The van der Waals surface area contributed by atoms with E-state index in [-0.39, 0.29) is 4.90 Å². The molecule has 0 fully saturated rings. The molecule has 4 nitrogen and oxygen atoms in total. The first-order valence-electron chi connectivity index (χ1n) is 6.31. The first-order valence-corrected chi connectivity index (χ1v) is 7.79. The van der Waals surface area contributed by atoms with Crippen molar-refractivity contribution in [3.63, 3.8) is 0 Å². The Morgan fingerprint density at radius 2 is 1.45 bits per heavy atom. The van der Waals surface area contributed by atoms with Gasteiger partial charge in [0.1, 0.15) is 0 Å². The normalized spacial score (nSPS) is 11.2. The van der Waals surface area contributed by atoms with Gasteiger partial charge in [0.25, 0.3) is 10.0 Å². The van der Waals surface area contributed by atoms with Gasteiger partial charge in [-0.25, -0.2) is 8.42 Å². The van der Waals surface area contributed by atoms with Crippen LogP contribution in [0, 0.1) is 13.8 Å². The van der Waals surface area contributed by atoms with E-state index in [0.29, 0.717) is 5.69 Å². The van der Waals surface area contributed by atoms with Crippen LogP contribution in [0.1, 0.15) is 11.1 Å². The van der Waals surface area contributed by atoms with Crippen molar-refractivity contribution in [3.05, 3.63) is 53.6 Å². The minimum Gasteiger partial charge on any atom is -0.388 e. The number of hydrogen-bond donors (Lipinski definition) is 2. The average Bonchev–Trinajstić information content (AvgIpc) is 2.43. The summed E-state index contributed by atoms with van der Waals surface area (Å²) in [6.45, 7) is 3.77. The molecule has 0 saturated carbocycles. The lowest BCUT2D eigenvalue weighted by Gasteiger charge is -2.13. The number of hydrogen-bond acceptors (Lipinski definition) is 3. The predicted octanol–water partition coefficient (Wildman–Crippen LogP) is 3.15. The molecule has 5 heteroatoms. The summed E-state index contributed by atoms with van der Waals surface area (Å²) >= 11 is 0. The van der Waals surface area contributed by atoms with Gasteiger partial charge >= 0.3 is 0 Å². The third kappa shape index (κ3) is 2.93. The largest absolute Gasteiger partial charge is 0.388 e. The van der Waals surface area contributed by atoms with Crippen LogP contribution in [0.5, 0.6) is 0 Å². The van der Waals surface area contributed by atoms with Gasteiger partial charge in [-0.3, -0.25) is 4.72 Å². The topological polar surface area (TPSA) is 58.2 Å². The van der Waals surface area contributed by atoms with E-state index < -0.39 is 10.0 Å². The lowest BCUT2D eigenvalue weighted by atomic mass is 10.1. The second-order valence-corrected chi connectivity index (χ2v) is 6.33. The summed E-state index contributed by atoms with van der Waals surface area (Å²) < 4.78 is 27.4. The molecule has 0 heterocycles.